The minimum absolute atomic E-state index is 0.0670. The fourth-order valence-corrected chi connectivity index (χ4v) is 4.79. The summed E-state index contributed by atoms with van der Waals surface area (Å²) in [6, 6.07) is 8.79. The zero-order chi connectivity index (χ0) is 16.2. The zero-order valence-electron chi connectivity index (χ0n) is 13.8. The van der Waals surface area contributed by atoms with Crippen LogP contribution in [0.25, 0.3) is 11.3 Å². The first-order chi connectivity index (χ1) is 11.0. The van der Waals surface area contributed by atoms with Gasteiger partial charge in [0.05, 0.1) is 18.0 Å². The van der Waals surface area contributed by atoms with Crippen molar-refractivity contribution >= 4 is 0 Å². The lowest BCUT2D eigenvalue weighted by atomic mass is 9.69. The number of fused-ring (bicyclic) bond motifs is 5. The highest BCUT2D eigenvalue weighted by Gasteiger charge is 2.63. The van der Waals surface area contributed by atoms with Gasteiger partial charge in [-0.1, -0.05) is 26.0 Å². The molecule has 0 radical (unpaired) electrons. The van der Waals surface area contributed by atoms with Gasteiger partial charge in [-0.3, -0.25) is 0 Å². The Labute approximate surface area is 135 Å². The summed E-state index contributed by atoms with van der Waals surface area (Å²) in [4.78, 5) is 0. The first kappa shape index (κ1) is 14.8. The fraction of sp³-hybridized carbons (Fsp3) is 0.474. The lowest BCUT2D eigenvalue weighted by Crippen LogP contribution is -2.39. The molecule has 1 fully saturated rings. The van der Waals surface area contributed by atoms with Gasteiger partial charge in [0.2, 0.25) is 0 Å². The zero-order valence-corrected chi connectivity index (χ0v) is 13.8. The largest absolute Gasteiger partial charge is 0.384 e. The maximum absolute atomic E-state index is 14.1. The number of ether oxygens (including phenoxy) is 1. The van der Waals surface area contributed by atoms with Crippen LogP contribution in [0.3, 0.4) is 0 Å². The van der Waals surface area contributed by atoms with E-state index < -0.39 is 0 Å². The second-order valence-corrected chi connectivity index (χ2v) is 7.34. The third-order valence-electron chi connectivity index (χ3n) is 6.16. The minimum Gasteiger partial charge on any atom is -0.384 e. The van der Waals surface area contributed by atoms with Crippen molar-refractivity contribution in [3.63, 3.8) is 0 Å². The van der Waals surface area contributed by atoms with Gasteiger partial charge in [-0.25, -0.2) is 4.39 Å². The standard InChI is InChI=1S/C19H21FN2O/c1-18(2)14-8-9-19(18,11-23-3)17-13(14)10-16(21-22-17)12-6-4-5-7-15(12)20/h4-7,10,14H,8-9,11H2,1-3H3/t14-,19-/m1/s1. The molecule has 2 bridgehead atoms. The van der Waals surface area contributed by atoms with Gasteiger partial charge in [0.25, 0.3) is 0 Å². The van der Waals surface area contributed by atoms with Crippen molar-refractivity contribution in [2.45, 2.75) is 38.0 Å². The van der Waals surface area contributed by atoms with Gasteiger partial charge in [0.15, 0.2) is 0 Å². The first-order valence-electron chi connectivity index (χ1n) is 8.13. The molecule has 0 unspecified atom stereocenters. The Morgan fingerprint density at radius 3 is 2.78 bits per heavy atom. The molecule has 1 heterocycles. The van der Waals surface area contributed by atoms with Gasteiger partial charge in [-0.2, -0.15) is 10.2 Å². The third kappa shape index (κ3) is 1.78. The van der Waals surface area contributed by atoms with Crippen molar-refractivity contribution in [2.75, 3.05) is 13.7 Å². The number of halogens is 1. The predicted octanol–water partition coefficient (Wildman–Crippen LogP) is 4.08. The van der Waals surface area contributed by atoms with E-state index >= 15 is 0 Å². The van der Waals surface area contributed by atoms with Crippen molar-refractivity contribution in [3.8, 4) is 11.3 Å². The highest BCUT2D eigenvalue weighted by atomic mass is 19.1. The summed E-state index contributed by atoms with van der Waals surface area (Å²) < 4.78 is 19.6. The number of methoxy groups -OCH3 is 1. The summed E-state index contributed by atoms with van der Waals surface area (Å²) in [6.07, 6.45) is 2.21. The van der Waals surface area contributed by atoms with Crippen molar-refractivity contribution in [3.05, 3.63) is 47.4 Å². The molecule has 0 N–H and O–H groups in total. The van der Waals surface area contributed by atoms with E-state index in [1.807, 2.05) is 12.1 Å². The van der Waals surface area contributed by atoms with E-state index in [2.05, 4.69) is 24.0 Å². The van der Waals surface area contributed by atoms with Crippen molar-refractivity contribution < 1.29 is 9.13 Å². The lowest BCUT2D eigenvalue weighted by molar-refractivity contribution is 0.0714. The first-order valence-corrected chi connectivity index (χ1v) is 8.13. The molecule has 2 aliphatic carbocycles. The van der Waals surface area contributed by atoms with Crippen LogP contribution in [-0.4, -0.2) is 23.9 Å². The Morgan fingerprint density at radius 1 is 1.26 bits per heavy atom. The average molecular weight is 312 g/mol. The number of rotatable bonds is 3. The van der Waals surface area contributed by atoms with Gasteiger partial charge in [-0.15, -0.1) is 0 Å². The molecule has 120 valence electrons. The van der Waals surface area contributed by atoms with Crippen LogP contribution in [0.4, 0.5) is 4.39 Å². The molecule has 3 nitrogen and oxygen atoms in total. The summed E-state index contributed by atoms with van der Waals surface area (Å²) in [7, 11) is 1.75. The van der Waals surface area contributed by atoms with Crippen molar-refractivity contribution in [1.82, 2.24) is 10.2 Å². The second-order valence-electron chi connectivity index (χ2n) is 7.34. The van der Waals surface area contributed by atoms with Crippen LogP contribution in [0, 0.1) is 11.2 Å². The molecule has 23 heavy (non-hydrogen) atoms. The maximum Gasteiger partial charge on any atom is 0.132 e. The van der Waals surface area contributed by atoms with Crippen LogP contribution < -0.4 is 0 Å². The molecule has 0 saturated heterocycles. The van der Waals surface area contributed by atoms with E-state index in [0.717, 1.165) is 18.5 Å². The predicted molar refractivity (Wildman–Crippen MR) is 86.7 cm³/mol. The van der Waals surface area contributed by atoms with E-state index in [-0.39, 0.29) is 16.6 Å². The number of nitrogens with zero attached hydrogens (tertiary/aromatic N) is 2. The van der Waals surface area contributed by atoms with Crippen LogP contribution in [-0.2, 0) is 10.2 Å². The van der Waals surface area contributed by atoms with Gasteiger partial charge >= 0.3 is 0 Å². The summed E-state index contributed by atoms with van der Waals surface area (Å²) >= 11 is 0. The molecule has 4 rings (SSSR count). The molecule has 2 atom stereocenters. The Morgan fingerprint density at radius 2 is 2.04 bits per heavy atom. The summed E-state index contributed by atoms with van der Waals surface area (Å²) in [6.45, 7) is 5.26. The van der Waals surface area contributed by atoms with Crippen LogP contribution in [0.2, 0.25) is 0 Å². The molecule has 0 amide bonds. The number of hydrogen-bond donors (Lipinski definition) is 0. The van der Waals surface area contributed by atoms with Crippen LogP contribution in [0.1, 0.15) is 43.9 Å². The summed E-state index contributed by atoms with van der Waals surface area (Å²) in [5.41, 5.74) is 3.45. The normalized spacial score (nSPS) is 27.2. The highest BCUT2D eigenvalue weighted by molar-refractivity contribution is 5.62. The van der Waals surface area contributed by atoms with E-state index in [4.69, 9.17) is 4.74 Å². The molecule has 2 aliphatic rings. The van der Waals surface area contributed by atoms with Crippen molar-refractivity contribution in [2.24, 2.45) is 5.41 Å². The average Bonchev–Trinajstić information content (AvgIpc) is 2.89. The minimum atomic E-state index is -0.254. The summed E-state index contributed by atoms with van der Waals surface area (Å²) in [5.74, 6) is 0.185. The van der Waals surface area contributed by atoms with Gasteiger partial charge in [0.1, 0.15) is 5.82 Å². The topological polar surface area (TPSA) is 35.0 Å². The van der Waals surface area contributed by atoms with E-state index in [1.165, 1.54) is 11.6 Å². The van der Waals surface area contributed by atoms with E-state index in [1.54, 1.807) is 19.2 Å². The molecular weight excluding hydrogens is 291 g/mol. The fourth-order valence-electron chi connectivity index (χ4n) is 4.79. The Kier molecular flexibility index (Phi) is 3.11. The maximum atomic E-state index is 14.1. The van der Waals surface area contributed by atoms with Gasteiger partial charge in [-0.05, 0) is 47.9 Å². The van der Waals surface area contributed by atoms with Crippen LogP contribution in [0.15, 0.2) is 30.3 Å². The van der Waals surface area contributed by atoms with Gasteiger partial charge < -0.3 is 4.74 Å². The number of benzene rings is 1. The third-order valence-corrected chi connectivity index (χ3v) is 6.16. The number of aromatic nitrogens is 2. The Bertz CT molecular complexity index is 774. The second kappa shape index (κ2) is 4.84. The Hall–Kier alpha value is -1.81. The summed E-state index contributed by atoms with van der Waals surface area (Å²) in [5, 5.41) is 8.90. The van der Waals surface area contributed by atoms with E-state index in [0.29, 0.717) is 23.8 Å². The molecule has 1 aromatic heterocycles. The highest BCUT2D eigenvalue weighted by Crippen LogP contribution is 2.67. The molecule has 1 aromatic carbocycles. The molecule has 0 spiro atoms. The monoisotopic (exact) mass is 312 g/mol. The van der Waals surface area contributed by atoms with Crippen molar-refractivity contribution in [1.29, 1.82) is 0 Å². The lowest BCUT2D eigenvalue weighted by Gasteiger charge is -2.37. The van der Waals surface area contributed by atoms with Crippen LogP contribution in [0.5, 0.6) is 0 Å². The number of hydrogen-bond acceptors (Lipinski definition) is 3. The molecule has 0 aliphatic heterocycles. The van der Waals surface area contributed by atoms with E-state index in [9.17, 15) is 4.39 Å². The molecule has 1 saturated carbocycles. The smallest absolute Gasteiger partial charge is 0.132 e. The molecular formula is C19H21FN2O. The Balaban J connectivity index is 1.87. The van der Waals surface area contributed by atoms with Crippen LogP contribution >= 0.6 is 0 Å². The van der Waals surface area contributed by atoms with Gasteiger partial charge in [0, 0.05) is 18.1 Å². The quantitative estimate of drug-likeness (QED) is 0.856. The SMILES string of the molecule is COC[C@]12CC[C@H](c3cc(-c4ccccc4F)nnc31)C2(C)C. The molecule has 4 heteroatoms. The molecule has 2 aromatic rings.